The van der Waals surface area contributed by atoms with Gasteiger partial charge in [0.25, 0.3) is 0 Å². The van der Waals surface area contributed by atoms with E-state index in [-0.39, 0.29) is 24.5 Å². The summed E-state index contributed by atoms with van der Waals surface area (Å²) >= 11 is 0. The first-order chi connectivity index (χ1) is 12.8. The maximum absolute atomic E-state index is 13.0. The van der Waals surface area contributed by atoms with Gasteiger partial charge in [0.2, 0.25) is 17.4 Å². The number of hydrogen-bond donors (Lipinski definition) is 1. The molecule has 2 fully saturated rings. The lowest BCUT2D eigenvalue weighted by molar-refractivity contribution is -0.731. The van der Waals surface area contributed by atoms with Gasteiger partial charge in [-0.3, -0.25) is 14.5 Å². The van der Waals surface area contributed by atoms with E-state index in [1.54, 1.807) is 20.8 Å². The molecule has 2 aliphatic heterocycles. The Balaban J connectivity index is 2.04. The lowest BCUT2D eigenvalue weighted by Gasteiger charge is -2.25. The molecule has 2 N–H and O–H groups in total. The van der Waals surface area contributed by atoms with Gasteiger partial charge in [-0.2, -0.15) is 0 Å². The standard InChI is InChI=1S/C21H28N2O4/c1-6-23-18(24)15-16(19(23)25)21(5,20(26)27-7-2)22-17(15)14-10-8-13(9-11-14)12(3)4/h8-12,15-17,22H,6-7H2,1-5H3/p+1/t15-,16+,17-,21-/m1/s1. The fourth-order valence-electron chi connectivity index (χ4n) is 4.52. The Morgan fingerprint density at radius 3 is 2.33 bits per heavy atom. The largest absolute Gasteiger partial charge is 0.461 e. The second kappa shape index (κ2) is 7.08. The summed E-state index contributed by atoms with van der Waals surface area (Å²) in [6, 6.07) is 7.86. The molecule has 0 bridgehead atoms. The van der Waals surface area contributed by atoms with Crippen molar-refractivity contribution in [2.75, 3.05) is 13.2 Å². The van der Waals surface area contributed by atoms with E-state index < -0.39 is 23.3 Å². The highest BCUT2D eigenvalue weighted by atomic mass is 16.5. The minimum atomic E-state index is -1.10. The summed E-state index contributed by atoms with van der Waals surface area (Å²) in [4.78, 5) is 40.0. The third-order valence-electron chi connectivity index (χ3n) is 6.02. The van der Waals surface area contributed by atoms with Gasteiger partial charge in [0.15, 0.2) is 0 Å². The fraction of sp³-hybridized carbons (Fsp3) is 0.571. The lowest BCUT2D eigenvalue weighted by Crippen LogP contribution is -2.97. The number of hydrogen-bond acceptors (Lipinski definition) is 4. The zero-order chi connectivity index (χ0) is 19.9. The molecule has 0 radical (unpaired) electrons. The Labute approximate surface area is 160 Å². The third-order valence-corrected chi connectivity index (χ3v) is 6.02. The van der Waals surface area contributed by atoms with Gasteiger partial charge in [-0.15, -0.1) is 0 Å². The van der Waals surface area contributed by atoms with Gasteiger partial charge in [0, 0.05) is 19.0 Å². The molecule has 3 rings (SSSR count). The molecule has 6 heteroatoms. The lowest BCUT2D eigenvalue weighted by atomic mass is 9.80. The number of carbonyl (C=O) groups excluding carboxylic acids is 3. The number of ether oxygens (including phenoxy) is 1. The predicted octanol–water partition coefficient (Wildman–Crippen LogP) is 1.37. The van der Waals surface area contributed by atoms with Crippen LogP contribution in [0.4, 0.5) is 0 Å². The van der Waals surface area contributed by atoms with Gasteiger partial charge in [0.05, 0.1) is 6.61 Å². The number of fused-ring (bicyclic) bond motifs is 1. The zero-order valence-electron chi connectivity index (χ0n) is 16.7. The van der Waals surface area contributed by atoms with Crippen molar-refractivity contribution in [1.82, 2.24) is 4.90 Å². The Hall–Kier alpha value is -2.21. The van der Waals surface area contributed by atoms with Crippen molar-refractivity contribution < 1.29 is 24.4 Å². The van der Waals surface area contributed by atoms with Crippen LogP contribution in [0.25, 0.3) is 0 Å². The molecule has 0 aliphatic carbocycles. The van der Waals surface area contributed by atoms with Crippen molar-refractivity contribution in [2.24, 2.45) is 11.8 Å². The minimum Gasteiger partial charge on any atom is -0.461 e. The van der Waals surface area contributed by atoms with Crippen molar-refractivity contribution in [3.8, 4) is 0 Å². The second-order valence-corrected chi connectivity index (χ2v) is 7.94. The third kappa shape index (κ3) is 2.96. The van der Waals surface area contributed by atoms with Gasteiger partial charge in [-0.1, -0.05) is 38.1 Å². The number of carbonyl (C=O) groups is 3. The SMILES string of the molecule is CCOC(=O)[C@]1(C)[NH2+][C@H](c2ccc(C(C)C)cc2)[C@@H]2C(=O)N(CC)C(=O)[C@H]21. The molecule has 2 aliphatic rings. The van der Waals surface area contributed by atoms with Gasteiger partial charge < -0.3 is 10.1 Å². The average molecular weight is 373 g/mol. The topological polar surface area (TPSA) is 80.3 Å². The maximum atomic E-state index is 13.0. The van der Waals surface area contributed by atoms with Crippen LogP contribution in [-0.2, 0) is 19.1 Å². The van der Waals surface area contributed by atoms with Crippen LogP contribution in [0.5, 0.6) is 0 Å². The summed E-state index contributed by atoms with van der Waals surface area (Å²) < 4.78 is 5.27. The molecule has 2 saturated heterocycles. The number of nitrogens with two attached hydrogens (primary N) is 1. The Morgan fingerprint density at radius 2 is 1.81 bits per heavy atom. The van der Waals surface area contributed by atoms with Crippen LogP contribution in [0.15, 0.2) is 24.3 Å². The van der Waals surface area contributed by atoms with E-state index in [4.69, 9.17) is 4.74 Å². The quantitative estimate of drug-likeness (QED) is 0.624. The molecular formula is C21H29N2O4+. The molecule has 1 aromatic rings. The smallest absolute Gasteiger partial charge is 0.368 e. The predicted molar refractivity (Wildman–Crippen MR) is 99.6 cm³/mol. The van der Waals surface area contributed by atoms with E-state index in [2.05, 4.69) is 26.0 Å². The molecule has 2 heterocycles. The van der Waals surface area contributed by atoms with Crippen LogP contribution in [0.3, 0.4) is 0 Å². The normalized spacial score (nSPS) is 30.1. The average Bonchev–Trinajstić information content (AvgIpc) is 3.09. The number of imide groups is 1. The zero-order valence-corrected chi connectivity index (χ0v) is 16.7. The number of nitrogens with zero attached hydrogens (tertiary/aromatic N) is 1. The molecule has 0 spiro atoms. The number of quaternary nitrogens is 1. The molecule has 0 saturated carbocycles. The van der Waals surface area contributed by atoms with E-state index >= 15 is 0 Å². The number of benzene rings is 1. The number of esters is 1. The first kappa shape index (κ1) is 19.5. The van der Waals surface area contributed by atoms with Crippen molar-refractivity contribution >= 4 is 17.8 Å². The van der Waals surface area contributed by atoms with Crippen molar-refractivity contribution in [3.63, 3.8) is 0 Å². The highest BCUT2D eigenvalue weighted by molar-refractivity contribution is 6.08. The van der Waals surface area contributed by atoms with E-state index in [9.17, 15) is 14.4 Å². The highest BCUT2D eigenvalue weighted by Crippen LogP contribution is 2.44. The highest BCUT2D eigenvalue weighted by Gasteiger charge is 2.70. The van der Waals surface area contributed by atoms with Crippen molar-refractivity contribution in [1.29, 1.82) is 0 Å². The summed E-state index contributed by atoms with van der Waals surface area (Å²) in [5.41, 5.74) is 1.07. The molecular weight excluding hydrogens is 344 g/mol. The van der Waals surface area contributed by atoms with Crippen LogP contribution >= 0.6 is 0 Å². The monoisotopic (exact) mass is 373 g/mol. The van der Waals surface area contributed by atoms with Gasteiger partial charge in [-0.05, 0) is 25.3 Å². The first-order valence-electron chi connectivity index (χ1n) is 9.74. The summed E-state index contributed by atoms with van der Waals surface area (Å²) in [5.74, 6) is -1.71. The number of likely N-dealkylation sites (tertiary alicyclic amines) is 1. The summed E-state index contributed by atoms with van der Waals surface area (Å²) in [6.07, 6.45) is 0. The van der Waals surface area contributed by atoms with Crippen molar-refractivity contribution in [3.05, 3.63) is 35.4 Å². The fourth-order valence-corrected chi connectivity index (χ4v) is 4.52. The van der Waals surface area contributed by atoms with Gasteiger partial charge in [-0.25, -0.2) is 4.79 Å². The molecule has 27 heavy (non-hydrogen) atoms. The van der Waals surface area contributed by atoms with Crippen LogP contribution < -0.4 is 5.32 Å². The maximum Gasteiger partial charge on any atom is 0.368 e. The van der Waals surface area contributed by atoms with Gasteiger partial charge >= 0.3 is 5.97 Å². The van der Waals surface area contributed by atoms with Crippen molar-refractivity contribution in [2.45, 2.75) is 52.1 Å². The van der Waals surface area contributed by atoms with E-state index in [0.29, 0.717) is 12.5 Å². The molecule has 1 aromatic carbocycles. The molecule has 6 nitrogen and oxygen atoms in total. The summed E-state index contributed by atoms with van der Waals surface area (Å²) in [7, 11) is 0. The summed E-state index contributed by atoms with van der Waals surface area (Å²) in [6.45, 7) is 10.1. The van der Waals surface area contributed by atoms with Crippen LogP contribution in [0.2, 0.25) is 0 Å². The van der Waals surface area contributed by atoms with Crippen LogP contribution in [0, 0.1) is 11.8 Å². The Kier molecular flexibility index (Phi) is 5.12. The molecule has 4 atom stereocenters. The number of rotatable bonds is 5. The molecule has 0 unspecified atom stereocenters. The minimum absolute atomic E-state index is 0.185. The first-order valence-corrected chi connectivity index (χ1v) is 9.74. The van der Waals surface area contributed by atoms with E-state index in [1.807, 2.05) is 17.4 Å². The van der Waals surface area contributed by atoms with Crippen LogP contribution in [0.1, 0.15) is 57.7 Å². The number of amides is 2. The summed E-state index contributed by atoms with van der Waals surface area (Å²) in [5, 5.41) is 1.87. The van der Waals surface area contributed by atoms with E-state index in [0.717, 1.165) is 5.56 Å². The Bertz CT molecular complexity index is 758. The van der Waals surface area contributed by atoms with Crippen LogP contribution in [-0.4, -0.2) is 41.4 Å². The Morgan fingerprint density at radius 1 is 1.19 bits per heavy atom. The molecule has 0 aromatic heterocycles. The second-order valence-electron chi connectivity index (χ2n) is 7.94. The van der Waals surface area contributed by atoms with E-state index in [1.165, 1.54) is 10.5 Å². The van der Waals surface area contributed by atoms with Gasteiger partial charge in [0.1, 0.15) is 17.9 Å². The molecule has 2 amide bonds. The molecule has 146 valence electrons.